The smallest absolute Gasteiger partial charge is 0.308 e. The fourth-order valence-corrected chi connectivity index (χ4v) is 6.72. The Bertz CT molecular complexity index is 1400. The van der Waals surface area contributed by atoms with Crippen molar-refractivity contribution in [3.05, 3.63) is 57.6 Å². The summed E-state index contributed by atoms with van der Waals surface area (Å²) in [5.74, 6) is -3.96. The lowest BCUT2D eigenvalue weighted by Crippen LogP contribution is -2.45. The van der Waals surface area contributed by atoms with Crippen LogP contribution in [-0.4, -0.2) is 45.4 Å². The van der Waals surface area contributed by atoms with Crippen LogP contribution in [0.3, 0.4) is 0 Å². The molecule has 1 saturated heterocycles. The maximum atomic E-state index is 14.6. The summed E-state index contributed by atoms with van der Waals surface area (Å²) < 4.78 is 43.0. The molecule has 3 aliphatic rings. The molecule has 1 spiro atoms. The fourth-order valence-electron chi connectivity index (χ4n) is 5.82. The van der Waals surface area contributed by atoms with Crippen LogP contribution in [0.5, 0.6) is 0 Å². The zero-order chi connectivity index (χ0) is 26.1. The van der Waals surface area contributed by atoms with E-state index in [4.69, 9.17) is 17.2 Å². The van der Waals surface area contributed by atoms with Gasteiger partial charge >= 0.3 is 5.92 Å². The second-order valence-electron chi connectivity index (χ2n) is 10.00. The molecule has 0 bridgehead atoms. The Morgan fingerprint density at radius 2 is 1.92 bits per heavy atom. The maximum absolute atomic E-state index is 14.6. The number of piperidine rings is 1. The highest BCUT2D eigenvalue weighted by atomic mass is 32.1. The van der Waals surface area contributed by atoms with Gasteiger partial charge in [-0.2, -0.15) is 8.78 Å². The highest BCUT2D eigenvalue weighted by Crippen LogP contribution is 2.51. The van der Waals surface area contributed by atoms with Crippen LogP contribution in [-0.2, 0) is 18.9 Å². The summed E-state index contributed by atoms with van der Waals surface area (Å²) in [6.45, 7) is 0.382. The van der Waals surface area contributed by atoms with E-state index in [1.807, 2.05) is 11.0 Å². The Morgan fingerprint density at radius 1 is 1.16 bits per heavy atom. The molecule has 0 saturated carbocycles. The number of hydrogen-bond acceptors (Lipinski definition) is 9. The van der Waals surface area contributed by atoms with E-state index in [2.05, 4.69) is 15.0 Å². The zero-order valence-corrected chi connectivity index (χ0v) is 20.6. The minimum atomic E-state index is -3.32. The van der Waals surface area contributed by atoms with Crippen molar-refractivity contribution in [2.45, 2.75) is 37.8 Å². The van der Waals surface area contributed by atoms with Crippen LogP contribution in [0.2, 0.25) is 0 Å². The number of rotatable bonds is 2. The number of nitrogens with zero attached hydrogens (tertiary/aromatic N) is 5. The predicted molar refractivity (Wildman–Crippen MR) is 133 cm³/mol. The molecule has 6 rings (SSSR count). The second kappa shape index (κ2) is 8.28. The van der Waals surface area contributed by atoms with E-state index < -0.39 is 18.4 Å². The Morgan fingerprint density at radius 3 is 2.65 bits per heavy atom. The lowest BCUT2D eigenvalue weighted by Gasteiger charge is -2.42. The van der Waals surface area contributed by atoms with Gasteiger partial charge < -0.3 is 27.0 Å². The van der Waals surface area contributed by atoms with Crippen molar-refractivity contribution in [3.8, 4) is 0 Å². The molecule has 13 heteroatoms. The van der Waals surface area contributed by atoms with E-state index in [9.17, 15) is 18.0 Å². The number of amides is 1. The van der Waals surface area contributed by atoms with Crippen molar-refractivity contribution in [1.82, 2.24) is 19.9 Å². The van der Waals surface area contributed by atoms with Crippen molar-refractivity contribution in [3.63, 3.8) is 0 Å². The average Bonchev–Trinajstić information content (AvgIpc) is 3.36. The van der Waals surface area contributed by atoms with E-state index in [0.717, 1.165) is 46.6 Å². The second-order valence-corrected chi connectivity index (χ2v) is 11.1. The van der Waals surface area contributed by atoms with Crippen molar-refractivity contribution in [1.29, 1.82) is 0 Å². The number of benzene rings is 1. The number of anilines is 3. The number of alkyl halides is 2. The molecule has 1 fully saturated rings. The van der Waals surface area contributed by atoms with Crippen LogP contribution in [0.4, 0.5) is 29.9 Å². The van der Waals surface area contributed by atoms with E-state index in [0.29, 0.717) is 18.9 Å². The van der Waals surface area contributed by atoms with Gasteiger partial charge in [0.1, 0.15) is 17.3 Å². The van der Waals surface area contributed by atoms with Gasteiger partial charge in [0.15, 0.2) is 16.6 Å². The number of carbonyl (C=O) groups is 1. The molecule has 37 heavy (non-hydrogen) atoms. The third kappa shape index (κ3) is 3.87. The van der Waals surface area contributed by atoms with E-state index in [-0.39, 0.29) is 51.0 Å². The summed E-state index contributed by atoms with van der Waals surface area (Å²) in [5, 5.41) is 0.0283. The van der Waals surface area contributed by atoms with Gasteiger partial charge in [-0.1, -0.05) is 17.4 Å². The minimum absolute atomic E-state index is 0.0283. The van der Waals surface area contributed by atoms with Crippen molar-refractivity contribution < 1.29 is 18.0 Å². The molecule has 4 heterocycles. The average molecular weight is 531 g/mol. The Balaban J connectivity index is 1.16. The predicted octanol–water partition coefficient (Wildman–Crippen LogP) is 2.83. The van der Waals surface area contributed by atoms with Crippen molar-refractivity contribution >= 4 is 34.0 Å². The molecule has 2 aromatic heterocycles. The number of nitrogens with two attached hydrogens (primary N) is 3. The Hall–Kier alpha value is -3.45. The quantitative estimate of drug-likeness (QED) is 0.460. The molecule has 3 aromatic rings. The number of thiazole rings is 1. The minimum Gasteiger partial charge on any atom is -0.382 e. The maximum Gasteiger partial charge on any atom is 0.308 e. The van der Waals surface area contributed by atoms with Crippen LogP contribution in [0, 0.1) is 11.2 Å². The molecule has 194 valence electrons. The number of carbonyl (C=O) groups excluding carboxylic acids is 1. The first-order valence-electron chi connectivity index (χ1n) is 11.9. The Kier molecular flexibility index (Phi) is 5.35. The summed E-state index contributed by atoms with van der Waals surface area (Å²) in [6, 6.07) is 4.58. The first kappa shape index (κ1) is 23.9. The first-order chi connectivity index (χ1) is 17.6. The molecule has 9 nitrogen and oxygen atoms in total. The lowest BCUT2D eigenvalue weighted by molar-refractivity contribution is -0.0478. The van der Waals surface area contributed by atoms with E-state index >= 15 is 0 Å². The SMILES string of the molecule is Nc1nc2c(s1)CN(C(=O)c1ncc(N3CCC4(CC3)Cc3ccc(F)cc3C4N)nc1N)CC2(F)F. The molecule has 1 amide bonds. The number of aromatic nitrogens is 3. The third-order valence-corrected chi connectivity index (χ3v) is 8.66. The largest absolute Gasteiger partial charge is 0.382 e. The van der Waals surface area contributed by atoms with Gasteiger partial charge in [-0.3, -0.25) is 4.79 Å². The van der Waals surface area contributed by atoms with Crippen LogP contribution < -0.4 is 22.1 Å². The molecular weight excluding hydrogens is 505 g/mol. The van der Waals surface area contributed by atoms with Gasteiger partial charge in [0.05, 0.1) is 24.2 Å². The van der Waals surface area contributed by atoms with E-state index in [1.165, 1.54) is 18.3 Å². The summed E-state index contributed by atoms with van der Waals surface area (Å²) >= 11 is 0.930. The highest BCUT2D eigenvalue weighted by Gasteiger charge is 2.47. The van der Waals surface area contributed by atoms with Crippen molar-refractivity contribution in [2.75, 3.05) is 36.0 Å². The molecule has 1 aromatic carbocycles. The molecule has 6 N–H and O–H groups in total. The number of hydrogen-bond donors (Lipinski definition) is 3. The standard InChI is InChI=1S/C24H25F3N8OS/c25-13-2-1-12-8-23(18(28)14(12)7-13)3-5-34(6-4-23)16-9-31-17(20(29)32-16)21(36)35-10-15-19(24(26,27)11-35)33-22(30)37-15/h1-2,7,9,18H,3-6,8,10-11,28H2,(H2,29,32)(H2,30,33). The fraction of sp³-hybridized carbons (Fsp3) is 0.417. The van der Waals surface area contributed by atoms with Crippen molar-refractivity contribution in [2.24, 2.45) is 11.1 Å². The third-order valence-electron chi connectivity index (χ3n) is 7.79. The van der Waals surface area contributed by atoms with Gasteiger partial charge in [-0.25, -0.2) is 19.3 Å². The van der Waals surface area contributed by atoms with Gasteiger partial charge in [0.25, 0.3) is 5.91 Å². The number of fused-ring (bicyclic) bond motifs is 2. The van der Waals surface area contributed by atoms with Gasteiger partial charge in [-0.05, 0) is 47.9 Å². The monoisotopic (exact) mass is 530 g/mol. The molecule has 1 aliphatic carbocycles. The van der Waals surface area contributed by atoms with Crippen LogP contribution in [0.1, 0.15) is 51.1 Å². The van der Waals surface area contributed by atoms with Gasteiger partial charge in [-0.15, -0.1) is 0 Å². The van der Waals surface area contributed by atoms with Gasteiger partial charge in [0, 0.05) is 19.1 Å². The van der Waals surface area contributed by atoms with Gasteiger partial charge in [0.2, 0.25) is 0 Å². The number of halogens is 3. The zero-order valence-electron chi connectivity index (χ0n) is 19.8. The molecule has 1 unspecified atom stereocenters. The first-order valence-corrected chi connectivity index (χ1v) is 12.7. The van der Waals surface area contributed by atoms with Crippen LogP contribution >= 0.6 is 11.3 Å². The molecule has 2 aliphatic heterocycles. The van der Waals surface area contributed by atoms with Crippen LogP contribution in [0.15, 0.2) is 24.4 Å². The molecular formula is C24H25F3N8OS. The normalized spacial score (nSPS) is 21.7. The summed E-state index contributed by atoms with van der Waals surface area (Å²) in [6.07, 6.45) is 3.79. The molecule has 0 radical (unpaired) electrons. The summed E-state index contributed by atoms with van der Waals surface area (Å²) in [4.78, 5) is 28.6. The number of nitrogen functional groups attached to an aromatic ring is 2. The summed E-state index contributed by atoms with van der Waals surface area (Å²) in [7, 11) is 0. The van der Waals surface area contributed by atoms with Crippen LogP contribution in [0.25, 0.3) is 0 Å². The highest BCUT2D eigenvalue weighted by molar-refractivity contribution is 7.15. The summed E-state index contributed by atoms with van der Waals surface area (Å²) in [5.41, 5.74) is 19.5. The Labute approximate surface area is 214 Å². The molecule has 1 atom stereocenters. The van der Waals surface area contributed by atoms with E-state index in [1.54, 1.807) is 0 Å². The topological polar surface area (TPSA) is 140 Å². The lowest BCUT2D eigenvalue weighted by atomic mass is 9.73.